The lowest BCUT2D eigenvalue weighted by Gasteiger charge is -2.42. The van der Waals surface area contributed by atoms with Gasteiger partial charge in [-0.2, -0.15) is 5.26 Å². The maximum absolute atomic E-state index is 12.2. The number of nitriles is 1. The Morgan fingerprint density at radius 2 is 2.09 bits per heavy atom. The van der Waals surface area contributed by atoms with Crippen LogP contribution in [0, 0.1) is 11.3 Å². The number of carbonyl (C=O) groups is 1. The highest BCUT2D eigenvalue weighted by Crippen LogP contribution is 2.25. The highest BCUT2D eigenvalue weighted by Gasteiger charge is 2.32. The third-order valence-electron chi connectivity index (χ3n) is 3.68. The molecule has 23 heavy (non-hydrogen) atoms. The predicted molar refractivity (Wildman–Crippen MR) is 87.2 cm³/mol. The second kappa shape index (κ2) is 6.88. The molecular formula is C17H23N3O3. The second-order valence-corrected chi connectivity index (χ2v) is 6.59. The van der Waals surface area contributed by atoms with Gasteiger partial charge < -0.3 is 19.6 Å². The molecular weight excluding hydrogens is 294 g/mol. The molecule has 1 unspecified atom stereocenters. The van der Waals surface area contributed by atoms with E-state index in [1.54, 1.807) is 11.0 Å². The minimum absolute atomic E-state index is 0.0982. The SMILES string of the molecule is CC(C)(C)OC(=O)N1CCN(c2ccccc2C#N)C(CO)C1. The van der Waals surface area contributed by atoms with E-state index in [1.807, 2.05) is 43.9 Å². The van der Waals surface area contributed by atoms with Crippen molar-refractivity contribution in [2.45, 2.75) is 32.4 Å². The molecule has 0 bridgehead atoms. The largest absolute Gasteiger partial charge is 0.444 e. The number of rotatable bonds is 2. The summed E-state index contributed by atoms with van der Waals surface area (Å²) in [7, 11) is 0. The van der Waals surface area contributed by atoms with Gasteiger partial charge in [0.05, 0.1) is 23.9 Å². The molecule has 1 N–H and O–H groups in total. The van der Waals surface area contributed by atoms with Crippen LogP contribution in [0.25, 0.3) is 0 Å². The van der Waals surface area contributed by atoms with Gasteiger partial charge in [-0.15, -0.1) is 0 Å². The Bertz CT molecular complexity index is 604. The maximum atomic E-state index is 12.2. The average Bonchev–Trinajstić information content (AvgIpc) is 2.52. The van der Waals surface area contributed by atoms with Gasteiger partial charge in [-0.3, -0.25) is 0 Å². The van der Waals surface area contributed by atoms with Crippen LogP contribution in [-0.2, 0) is 4.74 Å². The zero-order valence-corrected chi connectivity index (χ0v) is 13.8. The second-order valence-electron chi connectivity index (χ2n) is 6.59. The predicted octanol–water partition coefficient (Wildman–Crippen LogP) is 1.98. The summed E-state index contributed by atoms with van der Waals surface area (Å²) in [4.78, 5) is 15.8. The van der Waals surface area contributed by atoms with E-state index < -0.39 is 5.60 Å². The molecule has 6 nitrogen and oxygen atoms in total. The molecule has 0 aliphatic carbocycles. The summed E-state index contributed by atoms with van der Waals surface area (Å²) in [5.74, 6) is 0. The van der Waals surface area contributed by atoms with E-state index in [9.17, 15) is 15.2 Å². The first kappa shape index (κ1) is 17.1. The minimum Gasteiger partial charge on any atom is -0.444 e. The molecule has 1 heterocycles. The first-order chi connectivity index (χ1) is 10.9. The number of carbonyl (C=O) groups excluding carboxylic acids is 1. The number of hydrogen-bond acceptors (Lipinski definition) is 5. The Morgan fingerprint density at radius 1 is 1.39 bits per heavy atom. The zero-order chi connectivity index (χ0) is 17.0. The van der Waals surface area contributed by atoms with Gasteiger partial charge in [0.2, 0.25) is 0 Å². The summed E-state index contributed by atoms with van der Waals surface area (Å²) < 4.78 is 5.39. The molecule has 0 spiro atoms. The van der Waals surface area contributed by atoms with Crippen LogP contribution in [0.5, 0.6) is 0 Å². The molecule has 1 aliphatic heterocycles. The van der Waals surface area contributed by atoms with Crippen molar-refractivity contribution in [1.29, 1.82) is 5.26 Å². The molecule has 1 aromatic rings. The smallest absolute Gasteiger partial charge is 0.410 e. The van der Waals surface area contributed by atoms with Crippen molar-refractivity contribution in [2.24, 2.45) is 0 Å². The third-order valence-corrected chi connectivity index (χ3v) is 3.68. The van der Waals surface area contributed by atoms with E-state index in [-0.39, 0.29) is 18.7 Å². The Hall–Kier alpha value is -2.26. The lowest BCUT2D eigenvalue weighted by molar-refractivity contribution is 0.0197. The Labute approximate surface area is 136 Å². The van der Waals surface area contributed by atoms with Gasteiger partial charge in [0, 0.05) is 19.6 Å². The fourth-order valence-corrected chi connectivity index (χ4v) is 2.64. The lowest BCUT2D eigenvalue weighted by Crippen LogP contribution is -2.57. The van der Waals surface area contributed by atoms with Crippen molar-refractivity contribution < 1.29 is 14.6 Å². The summed E-state index contributed by atoms with van der Waals surface area (Å²) in [6.07, 6.45) is -0.371. The summed E-state index contributed by atoms with van der Waals surface area (Å²) in [6, 6.07) is 9.21. The van der Waals surface area contributed by atoms with Crippen LogP contribution >= 0.6 is 0 Å². The first-order valence-corrected chi connectivity index (χ1v) is 7.70. The number of piperazine rings is 1. The molecule has 0 radical (unpaired) electrons. The number of nitrogens with zero attached hydrogens (tertiary/aromatic N) is 3. The van der Waals surface area contributed by atoms with Crippen molar-refractivity contribution >= 4 is 11.8 Å². The van der Waals surface area contributed by atoms with Crippen LogP contribution in [0.2, 0.25) is 0 Å². The van der Waals surface area contributed by atoms with Gasteiger partial charge in [0.25, 0.3) is 0 Å². The molecule has 1 fully saturated rings. The molecule has 1 amide bonds. The number of para-hydroxylation sites is 1. The number of aliphatic hydroxyl groups is 1. The van der Waals surface area contributed by atoms with Gasteiger partial charge in [-0.25, -0.2) is 4.79 Å². The van der Waals surface area contributed by atoms with Gasteiger partial charge >= 0.3 is 6.09 Å². The molecule has 0 aromatic heterocycles. The number of anilines is 1. The summed E-state index contributed by atoms with van der Waals surface area (Å²) >= 11 is 0. The third kappa shape index (κ3) is 4.14. The number of benzene rings is 1. The number of ether oxygens (including phenoxy) is 1. The standard InChI is InChI=1S/C17H23N3O3/c1-17(2,3)23-16(22)19-8-9-20(14(11-19)12-21)15-7-5-4-6-13(15)10-18/h4-7,14,21H,8-9,11-12H2,1-3H3. The fourth-order valence-electron chi connectivity index (χ4n) is 2.64. The summed E-state index contributed by atoms with van der Waals surface area (Å²) in [5, 5.41) is 19.0. The van der Waals surface area contributed by atoms with Crippen LogP contribution in [0.15, 0.2) is 24.3 Å². The summed E-state index contributed by atoms with van der Waals surface area (Å²) in [6.45, 7) is 6.79. The van der Waals surface area contributed by atoms with E-state index in [0.29, 0.717) is 25.2 Å². The molecule has 2 rings (SSSR count). The van der Waals surface area contributed by atoms with Crippen LogP contribution in [0.3, 0.4) is 0 Å². The fraction of sp³-hybridized carbons (Fsp3) is 0.529. The van der Waals surface area contributed by atoms with Crippen LogP contribution in [0.1, 0.15) is 26.3 Å². The van der Waals surface area contributed by atoms with Gasteiger partial charge in [-0.05, 0) is 32.9 Å². The molecule has 0 saturated carbocycles. The van der Waals surface area contributed by atoms with E-state index in [2.05, 4.69) is 6.07 Å². The summed E-state index contributed by atoms with van der Waals surface area (Å²) in [5.41, 5.74) is 0.811. The Morgan fingerprint density at radius 3 is 2.70 bits per heavy atom. The maximum Gasteiger partial charge on any atom is 0.410 e. The van der Waals surface area contributed by atoms with Gasteiger partial charge in [0.15, 0.2) is 0 Å². The van der Waals surface area contributed by atoms with Crippen LogP contribution in [0.4, 0.5) is 10.5 Å². The lowest BCUT2D eigenvalue weighted by atomic mass is 10.1. The van der Waals surface area contributed by atoms with E-state index in [0.717, 1.165) is 5.69 Å². The van der Waals surface area contributed by atoms with Crippen molar-refractivity contribution in [3.05, 3.63) is 29.8 Å². The van der Waals surface area contributed by atoms with E-state index in [4.69, 9.17) is 4.74 Å². The van der Waals surface area contributed by atoms with E-state index >= 15 is 0 Å². The van der Waals surface area contributed by atoms with Crippen molar-refractivity contribution in [2.75, 3.05) is 31.1 Å². The van der Waals surface area contributed by atoms with Crippen molar-refractivity contribution in [3.63, 3.8) is 0 Å². The molecule has 1 aromatic carbocycles. The quantitative estimate of drug-likeness (QED) is 0.902. The minimum atomic E-state index is -0.545. The molecule has 1 atom stereocenters. The molecule has 1 aliphatic rings. The first-order valence-electron chi connectivity index (χ1n) is 7.70. The Balaban J connectivity index is 2.14. The van der Waals surface area contributed by atoms with Crippen LogP contribution < -0.4 is 4.90 Å². The van der Waals surface area contributed by atoms with Gasteiger partial charge in [-0.1, -0.05) is 12.1 Å². The molecule has 124 valence electrons. The molecule has 1 saturated heterocycles. The van der Waals surface area contributed by atoms with Gasteiger partial charge in [0.1, 0.15) is 11.7 Å². The van der Waals surface area contributed by atoms with E-state index in [1.165, 1.54) is 0 Å². The van der Waals surface area contributed by atoms with Crippen molar-refractivity contribution in [1.82, 2.24) is 4.90 Å². The number of hydrogen-bond donors (Lipinski definition) is 1. The van der Waals surface area contributed by atoms with Crippen molar-refractivity contribution in [3.8, 4) is 6.07 Å². The highest BCUT2D eigenvalue weighted by atomic mass is 16.6. The zero-order valence-electron chi connectivity index (χ0n) is 13.8. The average molecular weight is 317 g/mol. The molecule has 6 heteroatoms. The topological polar surface area (TPSA) is 76.8 Å². The van der Waals surface area contributed by atoms with Crippen LogP contribution in [-0.4, -0.2) is 54.0 Å². The Kier molecular flexibility index (Phi) is 5.12. The normalized spacial score (nSPS) is 18.5. The number of aliphatic hydroxyl groups excluding tert-OH is 1. The monoisotopic (exact) mass is 317 g/mol. The number of amides is 1. The highest BCUT2D eigenvalue weighted by molar-refractivity contribution is 5.69.